The van der Waals surface area contributed by atoms with Crippen LogP contribution < -0.4 is 18.1 Å². The van der Waals surface area contributed by atoms with Crippen molar-refractivity contribution in [1.29, 1.82) is 0 Å². The Labute approximate surface area is 274 Å². The predicted octanol–water partition coefficient (Wildman–Crippen LogP) is 3.76. The quantitative estimate of drug-likeness (QED) is 0.0742. The standard InChI is InChI=1S/2C12H8N2.C9H11N3S.ClH.Ru/c2*1-3-9-5-6-10-4-2-8-14-12(10)11(9)13-7-1;1-7-2-4-8(5-3-7)6-11-12-9(10)13;;/h2*1-8H;2-6H,1H3,(H3,10,12,13);1H;/q;;;;+2/p-2/b;;11-6-;;. The van der Waals surface area contributed by atoms with E-state index in [-0.39, 0.29) is 37.1 Å². The third kappa shape index (κ3) is 8.78. The van der Waals surface area contributed by atoms with E-state index in [1.165, 1.54) is 5.56 Å². The first-order chi connectivity index (χ1) is 20.1. The number of amidine groups is 1. The van der Waals surface area contributed by atoms with E-state index >= 15 is 0 Å². The van der Waals surface area contributed by atoms with Crippen LogP contribution in [0, 0.1) is 6.92 Å². The maximum absolute atomic E-state index is 5.13. The van der Waals surface area contributed by atoms with Crippen molar-refractivity contribution < 1.29 is 31.9 Å². The Morgan fingerprint density at radius 1 is 0.605 bits per heavy atom. The third-order valence-corrected chi connectivity index (χ3v) is 6.21. The number of aryl methyl sites for hydroxylation is 1. The fraction of sp³-hybridized carbons (Fsp3) is 0.0303. The zero-order valence-electron chi connectivity index (χ0n) is 23.0. The smallest absolute Gasteiger partial charge is 1.00 e. The summed E-state index contributed by atoms with van der Waals surface area (Å²) >= 11 is 4.53. The molecule has 7 nitrogen and oxygen atoms in total. The van der Waals surface area contributed by atoms with Crippen molar-refractivity contribution in [2.24, 2.45) is 15.9 Å². The number of halogens is 1. The fourth-order valence-corrected chi connectivity index (χ4v) is 4.21. The van der Waals surface area contributed by atoms with Gasteiger partial charge in [-0.2, -0.15) is 10.2 Å². The van der Waals surface area contributed by atoms with Crippen molar-refractivity contribution in [2.45, 2.75) is 6.92 Å². The maximum atomic E-state index is 5.13. The molecule has 0 unspecified atom stereocenters. The Bertz CT molecular complexity index is 1780. The summed E-state index contributed by atoms with van der Waals surface area (Å²) in [6.07, 6.45) is 8.82. The van der Waals surface area contributed by atoms with Crippen LogP contribution in [0.2, 0.25) is 0 Å². The SMILES string of the molecule is Cc1ccc(/C=N\N=C(\N)[S-])cc1.[Cl-].[Ru+2].c1cnc2c(c1)ccc1cccnc12.c1cnc2c(c1)ccc1cccnc12. The number of hydrogen-bond donors (Lipinski definition) is 1. The van der Waals surface area contributed by atoms with Gasteiger partial charge < -0.3 is 30.8 Å². The zero-order chi connectivity index (χ0) is 28.4. The summed E-state index contributed by atoms with van der Waals surface area (Å²) in [4.78, 5) is 17.4. The first kappa shape index (κ1) is 33.1. The van der Waals surface area contributed by atoms with Gasteiger partial charge in [-0.3, -0.25) is 19.9 Å². The monoisotopic (exact) mass is 689 g/mol. The molecule has 0 fully saturated rings. The summed E-state index contributed by atoms with van der Waals surface area (Å²) in [7, 11) is 0. The molecule has 3 aromatic carbocycles. The van der Waals surface area contributed by atoms with Gasteiger partial charge in [-0.05, 0) is 41.9 Å². The molecule has 0 saturated heterocycles. The van der Waals surface area contributed by atoms with Crippen LogP contribution in [-0.4, -0.2) is 31.3 Å². The molecule has 0 atom stereocenters. The number of benzene rings is 3. The van der Waals surface area contributed by atoms with Crippen LogP contribution in [0.3, 0.4) is 0 Å². The molecule has 0 amide bonds. The summed E-state index contributed by atoms with van der Waals surface area (Å²) in [5.41, 5.74) is 11.2. The van der Waals surface area contributed by atoms with E-state index in [2.05, 4.69) is 91.3 Å². The van der Waals surface area contributed by atoms with Gasteiger partial charge in [0.15, 0.2) is 0 Å². The molecule has 4 heterocycles. The normalized spacial score (nSPS) is 10.8. The van der Waals surface area contributed by atoms with Crippen molar-refractivity contribution in [1.82, 2.24) is 19.9 Å². The molecular weight excluding hydrogens is 663 g/mol. The first-order valence-corrected chi connectivity index (χ1v) is 13.3. The van der Waals surface area contributed by atoms with Crippen LogP contribution in [0.1, 0.15) is 11.1 Å². The molecule has 0 aliphatic carbocycles. The van der Waals surface area contributed by atoms with Crippen LogP contribution in [0.4, 0.5) is 0 Å². The Kier molecular flexibility index (Phi) is 12.5. The summed E-state index contributed by atoms with van der Waals surface area (Å²) in [6.45, 7) is 2.03. The van der Waals surface area contributed by atoms with E-state index in [9.17, 15) is 0 Å². The van der Waals surface area contributed by atoms with Crippen LogP contribution in [0.25, 0.3) is 43.6 Å². The first-order valence-electron chi connectivity index (χ1n) is 12.9. The van der Waals surface area contributed by atoms with Crippen molar-refractivity contribution >= 4 is 67.6 Å². The van der Waals surface area contributed by atoms with Crippen molar-refractivity contribution in [2.75, 3.05) is 0 Å². The molecular formula is C33H26ClN7RuS. The van der Waals surface area contributed by atoms with Gasteiger partial charge in [0.25, 0.3) is 0 Å². The molecule has 0 spiro atoms. The van der Waals surface area contributed by atoms with E-state index in [1.54, 1.807) is 31.0 Å². The number of nitrogens with zero attached hydrogens (tertiary/aromatic N) is 6. The molecule has 214 valence electrons. The van der Waals surface area contributed by atoms with E-state index < -0.39 is 0 Å². The summed E-state index contributed by atoms with van der Waals surface area (Å²) in [5.74, 6) is 0. The Hall–Kier alpha value is -4.43. The van der Waals surface area contributed by atoms with Gasteiger partial charge in [-0.25, -0.2) is 0 Å². The second-order valence-electron chi connectivity index (χ2n) is 9.03. The Morgan fingerprint density at radius 3 is 1.28 bits per heavy atom. The molecule has 10 heteroatoms. The molecule has 0 aliphatic heterocycles. The number of pyridine rings is 4. The van der Waals surface area contributed by atoms with Crippen molar-refractivity contribution in [3.8, 4) is 0 Å². The van der Waals surface area contributed by atoms with E-state index in [0.717, 1.165) is 49.2 Å². The molecule has 7 rings (SSSR count). The maximum Gasteiger partial charge on any atom is 2.00 e. The Morgan fingerprint density at radius 2 is 0.953 bits per heavy atom. The van der Waals surface area contributed by atoms with Crippen LogP contribution in [0.5, 0.6) is 0 Å². The summed E-state index contributed by atoms with van der Waals surface area (Å²) in [5, 5.41) is 11.8. The van der Waals surface area contributed by atoms with E-state index in [4.69, 9.17) is 5.73 Å². The average Bonchev–Trinajstić information content (AvgIpc) is 3.02. The summed E-state index contributed by atoms with van der Waals surface area (Å²) in [6, 6.07) is 32.2. The molecule has 0 aliphatic rings. The number of hydrogen-bond acceptors (Lipinski definition) is 7. The van der Waals surface area contributed by atoms with Crippen molar-refractivity contribution in [3.63, 3.8) is 0 Å². The molecule has 0 bridgehead atoms. The average molecular weight is 689 g/mol. The minimum absolute atomic E-state index is 0. The number of rotatable bonds is 2. The number of nitrogens with two attached hydrogens (primary N) is 1. The number of aromatic nitrogens is 4. The molecule has 2 N–H and O–H groups in total. The second-order valence-corrected chi connectivity index (χ2v) is 9.44. The van der Waals surface area contributed by atoms with Gasteiger partial charge in [0.1, 0.15) is 0 Å². The van der Waals surface area contributed by atoms with Gasteiger partial charge in [0, 0.05) is 46.3 Å². The summed E-state index contributed by atoms with van der Waals surface area (Å²) < 4.78 is 0. The van der Waals surface area contributed by atoms with Crippen molar-refractivity contribution in [3.05, 3.63) is 133 Å². The van der Waals surface area contributed by atoms with E-state index in [0.29, 0.717) is 0 Å². The third-order valence-electron chi connectivity index (χ3n) is 6.13. The predicted molar refractivity (Wildman–Crippen MR) is 172 cm³/mol. The molecule has 43 heavy (non-hydrogen) atoms. The molecule has 4 aromatic heterocycles. The van der Waals surface area contributed by atoms with Crippen LogP contribution in [0.15, 0.2) is 132 Å². The molecule has 7 aromatic rings. The zero-order valence-corrected chi connectivity index (χ0v) is 26.3. The molecule has 0 saturated carbocycles. The van der Waals surface area contributed by atoms with Crippen LogP contribution in [-0.2, 0) is 32.1 Å². The van der Waals surface area contributed by atoms with Crippen LogP contribution >= 0.6 is 0 Å². The molecule has 0 radical (unpaired) electrons. The van der Waals surface area contributed by atoms with Gasteiger partial charge >= 0.3 is 19.5 Å². The number of fused-ring (bicyclic) bond motifs is 6. The minimum Gasteiger partial charge on any atom is -1.00 e. The largest absolute Gasteiger partial charge is 2.00 e. The van der Waals surface area contributed by atoms with Gasteiger partial charge in [-0.1, -0.05) is 78.4 Å². The Balaban J connectivity index is 0.000000173. The van der Waals surface area contributed by atoms with Gasteiger partial charge in [0.2, 0.25) is 0 Å². The van der Waals surface area contributed by atoms with E-state index in [1.807, 2.05) is 55.5 Å². The minimum atomic E-state index is 0. The second kappa shape index (κ2) is 16.3. The van der Waals surface area contributed by atoms with Gasteiger partial charge in [-0.15, -0.1) is 0 Å². The fourth-order valence-electron chi connectivity index (χ4n) is 4.16. The topological polar surface area (TPSA) is 102 Å². The van der Waals surface area contributed by atoms with Gasteiger partial charge in [0.05, 0.1) is 28.3 Å².